The summed E-state index contributed by atoms with van der Waals surface area (Å²) in [5, 5.41) is 2.86. The van der Waals surface area contributed by atoms with Crippen LogP contribution in [-0.4, -0.2) is 31.8 Å². The summed E-state index contributed by atoms with van der Waals surface area (Å²) >= 11 is 6.80. The number of carbonyl (C=O) groups excluding carboxylic acids is 1. The number of methoxy groups -OCH3 is 1. The molecule has 1 fully saturated rings. The molecule has 5 nitrogen and oxygen atoms in total. The molecule has 1 aliphatic rings. The van der Waals surface area contributed by atoms with E-state index in [1.807, 2.05) is 6.07 Å². The summed E-state index contributed by atoms with van der Waals surface area (Å²) in [5.41, 5.74) is 5.91. The Labute approximate surface area is 134 Å². The molecule has 0 radical (unpaired) electrons. The second-order valence-electron chi connectivity index (χ2n) is 4.69. The van der Waals surface area contributed by atoms with Crippen molar-refractivity contribution < 1.29 is 14.3 Å². The molecule has 2 rings (SSSR count). The van der Waals surface area contributed by atoms with Gasteiger partial charge in [0, 0.05) is 23.8 Å². The smallest absolute Gasteiger partial charge is 0.244 e. The molecule has 0 atom stereocenters. The average Bonchev–Trinajstić information content (AvgIpc) is 2.42. The Bertz CT molecular complexity index is 517. The van der Waals surface area contributed by atoms with Crippen LogP contribution in [0.4, 0.5) is 5.69 Å². The van der Waals surface area contributed by atoms with Gasteiger partial charge in [0.05, 0.1) is 17.3 Å². The summed E-state index contributed by atoms with van der Waals surface area (Å²) in [6, 6.07) is 3.57. The van der Waals surface area contributed by atoms with Crippen molar-refractivity contribution in [2.75, 3.05) is 25.6 Å². The van der Waals surface area contributed by atoms with Gasteiger partial charge in [-0.1, -0.05) is 0 Å². The van der Waals surface area contributed by atoms with Crippen molar-refractivity contribution in [1.82, 2.24) is 0 Å². The largest absolute Gasteiger partial charge is 0.495 e. The number of halogens is 2. The van der Waals surface area contributed by atoms with Crippen LogP contribution >= 0.6 is 31.9 Å². The molecule has 1 amide bonds. The molecule has 1 aliphatic heterocycles. The summed E-state index contributed by atoms with van der Waals surface area (Å²) in [6.07, 6.45) is 1.04. The van der Waals surface area contributed by atoms with Gasteiger partial charge in [-0.3, -0.25) is 4.79 Å². The monoisotopic (exact) mass is 406 g/mol. The molecule has 0 aromatic heterocycles. The first-order valence-corrected chi connectivity index (χ1v) is 7.76. The van der Waals surface area contributed by atoms with E-state index in [9.17, 15) is 4.79 Å². The highest BCUT2D eigenvalue weighted by Crippen LogP contribution is 2.35. The van der Waals surface area contributed by atoms with Crippen molar-refractivity contribution in [2.24, 2.45) is 5.73 Å². The van der Waals surface area contributed by atoms with E-state index < -0.39 is 5.54 Å². The van der Waals surface area contributed by atoms with Gasteiger partial charge in [-0.15, -0.1) is 0 Å². The topological polar surface area (TPSA) is 73.6 Å². The Kier molecular flexibility index (Phi) is 5.06. The quantitative estimate of drug-likeness (QED) is 0.807. The average molecular weight is 408 g/mol. The number of rotatable bonds is 3. The lowest BCUT2D eigenvalue weighted by molar-refractivity contribution is -0.124. The van der Waals surface area contributed by atoms with Crippen LogP contribution in [0.3, 0.4) is 0 Å². The Hall–Kier alpha value is -0.630. The van der Waals surface area contributed by atoms with Crippen LogP contribution in [0.2, 0.25) is 0 Å². The van der Waals surface area contributed by atoms with Gasteiger partial charge in [0.2, 0.25) is 5.91 Å². The fourth-order valence-electron chi connectivity index (χ4n) is 1.99. The Morgan fingerprint density at radius 2 is 2.00 bits per heavy atom. The molecule has 7 heteroatoms. The van der Waals surface area contributed by atoms with E-state index in [4.69, 9.17) is 15.2 Å². The van der Waals surface area contributed by atoms with E-state index in [0.29, 0.717) is 37.5 Å². The molecule has 110 valence electrons. The minimum Gasteiger partial charge on any atom is -0.495 e. The number of ether oxygens (including phenoxy) is 2. The maximum absolute atomic E-state index is 12.4. The van der Waals surface area contributed by atoms with E-state index in [-0.39, 0.29) is 5.91 Å². The Morgan fingerprint density at radius 3 is 2.60 bits per heavy atom. The molecule has 1 aromatic carbocycles. The summed E-state index contributed by atoms with van der Waals surface area (Å²) < 4.78 is 12.0. The van der Waals surface area contributed by atoms with E-state index in [2.05, 4.69) is 37.2 Å². The molecule has 1 aromatic rings. The van der Waals surface area contributed by atoms with E-state index >= 15 is 0 Å². The molecule has 20 heavy (non-hydrogen) atoms. The second-order valence-corrected chi connectivity index (χ2v) is 6.40. The number of carbonyl (C=O) groups is 1. The first kappa shape index (κ1) is 15.8. The predicted molar refractivity (Wildman–Crippen MR) is 84.0 cm³/mol. The molecule has 0 spiro atoms. The third-order valence-electron chi connectivity index (χ3n) is 3.33. The van der Waals surface area contributed by atoms with Crippen molar-refractivity contribution >= 4 is 43.5 Å². The van der Waals surface area contributed by atoms with Crippen molar-refractivity contribution in [1.29, 1.82) is 0 Å². The Balaban J connectivity index is 2.19. The van der Waals surface area contributed by atoms with Crippen molar-refractivity contribution in [3.8, 4) is 5.75 Å². The molecule has 0 aliphatic carbocycles. The fourth-order valence-corrected chi connectivity index (χ4v) is 3.25. The van der Waals surface area contributed by atoms with E-state index in [1.54, 1.807) is 13.2 Å². The van der Waals surface area contributed by atoms with Crippen LogP contribution in [0.15, 0.2) is 21.1 Å². The number of amides is 1. The number of benzene rings is 1. The third-order valence-corrected chi connectivity index (χ3v) is 4.60. The first-order chi connectivity index (χ1) is 9.46. The zero-order chi connectivity index (χ0) is 14.8. The Morgan fingerprint density at radius 1 is 1.35 bits per heavy atom. The van der Waals surface area contributed by atoms with E-state index in [1.165, 1.54) is 0 Å². The summed E-state index contributed by atoms with van der Waals surface area (Å²) in [4.78, 5) is 12.4. The summed E-state index contributed by atoms with van der Waals surface area (Å²) in [7, 11) is 1.57. The molecule has 0 saturated carbocycles. The van der Waals surface area contributed by atoms with Gasteiger partial charge in [-0.25, -0.2) is 0 Å². The lowest BCUT2D eigenvalue weighted by Crippen LogP contribution is -2.54. The number of nitrogens with two attached hydrogens (primary N) is 1. The maximum atomic E-state index is 12.4. The molecular formula is C13H16Br2N2O3. The first-order valence-electron chi connectivity index (χ1n) is 6.17. The molecule has 1 saturated heterocycles. The lowest BCUT2D eigenvalue weighted by Gasteiger charge is -2.31. The molecule has 0 bridgehead atoms. The number of nitrogens with one attached hydrogen (secondary N) is 1. The predicted octanol–water partition coefficient (Wildman–Crippen LogP) is 2.67. The lowest BCUT2D eigenvalue weighted by atomic mass is 9.90. The number of anilines is 1. The van der Waals surface area contributed by atoms with Gasteiger partial charge in [0.15, 0.2) is 0 Å². The second kappa shape index (κ2) is 6.43. The van der Waals surface area contributed by atoms with Gasteiger partial charge in [0.25, 0.3) is 0 Å². The van der Waals surface area contributed by atoms with Crippen LogP contribution < -0.4 is 15.8 Å². The normalized spacial score (nSPS) is 17.6. The zero-order valence-electron chi connectivity index (χ0n) is 11.0. The van der Waals surface area contributed by atoms with Gasteiger partial charge < -0.3 is 20.5 Å². The molecular weight excluding hydrogens is 392 g/mol. The van der Waals surface area contributed by atoms with Crippen LogP contribution in [0.5, 0.6) is 5.75 Å². The molecule has 3 N–H and O–H groups in total. The van der Waals surface area contributed by atoms with Crippen LogP contribution in [0, 0.1) is 0 Å². The number of hydrogen-bond acceptors (Lipinski definition) is 4. The highest BCUT2D eigenvalue weighted by molar-refractivity contribution is 9.11. The van der Waals surface area contributed by atoms with Gasteiger partial charge in [0.1, 0.15) is 11.3 Å². The van der Waals surface area contributed by atoms with Crippen LogP contribution in [0.25, 0.3) is 0 Å². The van der Waals surface area contributed by atoms with Crippen molar-refractivity contribution in [3.63, 3.8) is 0 Å². The highest BCUT2D eigenvalue weighted by atomic mass is 79.9. The van der Waals surface area contributed by atoms with Gasteiger partial charge in [-0.05, 0) is 50.8 Å². The number of hydrogen-bond donors (Lipinski definition) is 2. The minimum absolute atomic E-state index is 0.203. The zero-order valence-corrected chi connectivity index (χ0v) is 14.2. The third kappa shape index (κ3) is 3.33. The van der Waals surface area contributed by atoms with Crippen LogP contribution in [0.1, 0.15) is 12.8 Å². The van der Waals surface area contributed by atoms with E-state index in [0.717, 1.165) is 8.95 Å². The van der Waals surface area contributed by atoms with Crippen LogP contribution in [-0.2, 0) is 9.53 Å². The molecule has 0 unspecified atom stereocenters. The highest BCUT2D eigenvalue weighted by Gasteiger charge is 2.36. The summed E-state index contributed by atoms with van der Waals surface area (Å²) in [6.45, 7) is 1.02. The minimum atomic E-state index is -0.877. The SMILES string of the molecule is COc1cc(NC(=O)C2(N)CCOCC2)c(Br)cc1Br. The molecule has 1 heterocycles. The van der Waals surface area contributed by atoms with Crippen molar-refractivity contribution in [2.45, 2.75) is 18.4 Å². The van der Waals surface area contributed by atoms with Crippen molar-refractivity contribution in [3.05, 3.63) is 21.1 Å². The van der Waals surface area contributed by atoms with Gasteiger partial charge in [-0.2, -0.15) is 0 Å². The summed E-state index contributed by atoms with van der Waals surface area (Å²) in [5.74, 6) is 0.437. The standard InChI is InChI=1S/C13H16Br2N2O3/c1-19-11-7-10(8(14)6-9(11)15)17-12(18)13(16)2-4-20-5-3-13/h6-7H,2-5,16H2,1H3,(H,17,18). The maximum Gasteiger partial charge on any atom is 0.244 e. The van der Waals surface area contributed by atoms with Gasteiger partial charge >= 0.3 is 0 Å². The fraction of sp³-hybridized carbons (Fsp3) is 0.462.